The quantitative estimate of drug-likeness (QED) is 0.846. The molecule has 1 heterocycles. The molecule has 0 saturated heterocycles. The molecule has 0 N–H and O–H groups in total. The van der Waals surface area contributed by atoms with Crippen molar-refractivity contribution in [1.29, 1.82) is 5.26 Å². The lowest BCUT2D eigenvalue weighted by Crippen LogP contribution is -2.37. The Morgan fingerprint density at radius 3 is 2.35 bits per heavy atom. The van der Waals surface area contributed by atoms with E-state index in [1.807, 2.05) is 13.8 Å². The van der Waals surface area contributed by atoms with Gasteiger partial charge in [0.15, 0.2) is 11.5 Å². The smallest absolute Gasteiger partial charge is 0.161 e. The van der Waals surface area contributed by atoms with Crippen molar-refractivity contribution in [3.05, 3.63) is 23.3 Å². The highest BCUT2D eigenvalue weighted by molar-refractivity contribution is 5.48. The molecule has 0 bridgehead atoms. The predicted molar refractivity (Wildman–Crippen MR) is 77.9 cm³/mol. The number of nitriles is 1. The predicted octanol–water partition coefficient (Wildman–Crippen LogP) is 2.61. The van der Waals surface area contributed by atoms with Crippen molar-refractivity contribution in [3.8, 4) is 17.6 Å². The van der Waals surface area contributed by atoms with E-state index in [2.05, 4.69) is 23.1 Å². The van der Waals surface area contributed by atoms with Crippen LogP contribution in [-0.2, 0) is 13.0 Å². The Bertz CT molecular complexity index is 532. The first-order chi connectivity index (χ1) is 9.49. The van der Waals surface area contributed by atoms with E-state index in [4.69, 9.17) is 14.7 Å². The minimum atomic E-state index is -0.311. The maximum absolute atomic E-state index is 9.16. The number of fused-ring (bicyclic) bond motifs is 1. The zero-order valence-electron chi connectivity index (χ0n) is 12.7. The van der Waals surface area contributed by atoms with Crippen molar-refractivity contribution in [2.75, 3.05) is 27.3 Å². The zero-order chi connectivity index (χ0) is 14.8. The lowest BCUT2D eigenvalue weighted by atomic mass is 9.92. The Morgan fingerprint density at radius 1 is 1.20 bits per heavy atom. The number of rotatable bonds is 4. The molecule has 0 atom stereocenters. The second-order valence-corrected chi connectivity index (χ2v) is 5.93. The molecule has 4 nitrogen and oxygen atoms in total. The normalized spacial score (nSPS) is 15.3. The first-order valence-electron chi connectivity index (χ1n) is 6.86. The van der Waals surface area contributed by atoms with Crippen LogP contribution in [0.5, 0.6) is 11.5 Å². The van der Waals surface area contributed by atoms with Gasteiger partial charge in [-0.2, -0.15) is 5.26 Å². The van der Waals surface area contributed by atoms with Gasteiger partial charge in [-0.05, 0) is 43.5 Å². The van der Waals surface area contributed by atoms with Gasteiger partial charge in [0.1, 0.15) is 0 Å². The van der Waals surface area contributed by atoms with Gasteiger partial charge in [-0.1, -0.05) is 0 Å². The highest BCUT2D eigenvalue weighted by Gasteiger charge is 2.25. The highest BCUT2D eigenvalue weighted by atomic mass is 16.5. The van der Waals surface area contributed by atoms with Gasteiger partial charge in [-0.25, -0.2) is 0 Å². The molecule has 4 heteroatoms. The average Bonchev–Trinajstić information content (AvgIpc) is 2.45. The van der Waals surface area contributed by atoms with Crippen LogP contribution < -0.4 is 9.47 Å². The van der Waals surface area contributed by atoms with Crippen molar-refractivity contribution >= 4 is 0 Å². The van der Waals surface area contributed by atoms with E-state index in [0.29, 0.717) is 0 Å². The van der Waals surface area contributed by atoms with Gasteiger partial charge in [-0.3, -0.25) is 4.90 Å². The summed E-state index contributed by atoms with van der Waals surface area (Å²) in [7, 11) is 3.32. The first-order valence-corrected chi connectivity index (χ1v) is 6.86. The summed E-state index contributed by atoms with van der Waals surface area (Å²) < 4.78 is 10.7. The number of hydrogen-bond donors (Lipinski definition) is 0. The van der Waals surface area contributed by atoms with Gasteiger partial charge >= 0.3 is 0 Å². The van der Waals surface area contributed by atoms with Crippen LogP contribution in [0.15, 0.2) is 12.1 Å². The van der Waals surface area contributed by atoms with Crippen LogP contribution in [0.1, 0.15) is 25.0 Å². The molecule has 2 rings (SSSR count). The number of nitrogens with zero attached hydrogens (tertiary/aromatic N) is 2. The average molecular weight is 274 g/mol. The molecule has 1 aromatic rings. The van der Waals surface area contributed by atoms with E-state index in [1.54, 1.807) is 14.2 Å². The molecule has 0 aromatic heterocycles. The van der Waals surface area contributed by atoms with Gasteiger partial charge in [0.25, 0.3) is 0 Å². The van der Waals surface area contributed by atoms with Crippen LogP contribution in [0, 0.1) is 16.7 Å². The Hall–Kier alpha value is -1.73. The summed E-state index contributed by atoms with van der Waals surface area (Å²) in [6, 6.07) is 6.49. The van der Waals surface area contributed by atoms with E-state index in [-0.39, 0.29) is 5.41 Å². The molecule has 1 aromatic carbocycles. The molecule has 0 unspecified atom stereocenters. The van der Waals surface area contributed by atoms with Gasteiger partial charge < -0.3 is 9.47 Å². The van der Waals surface area contributed by atoms with Gasteiger partial charge in [0.05, 0.1) is 25.7 Å². The van der Waals surface area contributed by atoms with Crippen LogP contribution in [0.25, 0.3) is 0 Å². The molecule has 1 aliphatic heterocycles. The van der Waals surface area contributed by atoms with Crippen molar-refractivity contribution in [1.82, 2.24) is 4.90 Å². The zero-order valence-corrected chi connectivity index (χ0v) is 12.7. The van der Waals surface area contributed by atoms with Crippen LogP contribution in [-0.4, -0.2) is 32.2 Å². The van der Waals surface area contributed by atoms with E-state index in [0.717, 1.165) is 37.6 Å². The van der Waals surface area contributed by atoms with Crippen molar-refractivity contribution in [3.63, 3.8) is 0 Å². The summed E-state index contributed by atoms with van der Waals surface area (Å²) >= 11 is 0. The van der Waals surface area contributed by atoms with Crippen LogP contribution >= 0.6 is 0 Å². The minimum Gasteiger partial charge on any atom is -0.493 e. The summed E-state index contributed by atoms with van der Waals surface area (Å²) in [4.78, 5) is 2.33. The number of hydrogen-bond acceptors (Lipinski definition) is 4. The lowest BCUT2D eigenvalue weighted by Gasteiger charge is -2.33. The summed E-state index contributed by atoms with van der Waals surface area (Å²) in [6.07, 6.45) is 0.983. The maximum Gasteiger partial charge on any atom is 0.161 e. The van der Waals surface area contributed by atoms with E-state index in [9.17, 15) is 0 Å². The molecular weight excluding hydrogens is 252 g/mol. The highest BCUT2D eigenvalue weighted by Crippen LogP contribution is 2.33. The summed E-state index contributed by atoms with van der Waals surface area (Å²) in [6.45, 7) is 6.60. The Labute approximate surface area is 120 Å². The molecule has 0 radical (unpaired) electrons. The largest absolute Gasteiger partial charge is 0.493 e. The third-order valence-electron chi connectivity index (χ3n) is 3.72. The fraction of sp³-hybridized carbons (Fsp3) is 0.562. The topological polar surface area (TPSA) is 45.5 Å². The number of benzene rings is 1. The second kappa shape index (κ2) is 5.72. The molecule has 0 fully saturated rings. The number of ether oxygens (including phenoxy) is 2. The molecule has 0 aliphatic carbocycles. The Balaban J connectivity index is 2.20. The summed E-state index contributed by atoms with van der Waals surface area (Å²) in [5.41, 5.74) is 2.27. The molecule has 0 saturated carbocycles. The summed E-state index contributed by atoms with van der Waals surface area (Å²) in [5, 5.41) is 9.16. The van der Waals surface area contributed by atoms with Crippen LogP contribution in [0.2, 0.25) is 0 Å². The van der Waals surface area contributed by atoms with Gasteiger partial charge in [-0.15, -0.1) is 0 Å². The van der Waals surface area contributed by atoms with Crippen LogP contribution in [0.3, 0.4) is 0 Å². The van der Waals surface area contributed by atoms with Crippen molar-refractivity contribution in [2.24, 2.45) is 5.41 Å². The SMILES string of the molecule is COc1cc2c(cc1OC)CN(CC(C)(C)C#N)CC2. The fourth-order valence-electron chi connectivity index (χ4n) is 2.67. The molecule has 0 spiro atoms. The van der Waals surface area contributed by atoms with Crippen LogP contribution in [0.4, 0.5) is 0 Å². The van der Waals surface area contributed by atoms with Gasteiger partial charge in [0.2, 0.25) is 0 Å². The fourth-order valence-corrected chi connectivity index (χ4v) is 2.67. The van der Waals surface area contributed by atoms with Crippen molar-refractivity contribution in [2.45, 2.75) is 26.8 Å². The monoisotopic (exact) mass is 274 g/mol. The van der Waals surface area contributed by atoms with E-state index in [1.165, 1.54) is 11.1 Å². The molecule has 0 amide bonds. The van der Waals surface area contributed by atoms with Crippen molar-refractivity contribution < 1.29 is 9.47 Å². The Morgan fingerprint density at radius 2 is 1.80 bits per heavy atom. The Kier molecular flexibility index (Phi) is 4.20. The van der Waals surface area contributed by atoms with E-state index < -0.39 is 0 Å². The van der Waals surface area contributed by atoms with Gasteiger partial charge in [0, 0.05) is 19.6 Å². The van der Waals surface area contributed by atoms with E-state index >= 15 is 0 Å². The molecule has 108 valence electrons. The second-order valence-electron chi connectivity index (χ2n) is 5.93. The third-order valence-corrected chi connectivity index (χ3v) is 3.72. The first kappa shape index (κ1) is 14.7. The summed E-state index contributed by atoms with van der Waals surface area (Å²) in [5.74, 6) is 1.56. The maximum atomic E-state index is 9.16. The lowest BCUT2D eigenvalue weighted by molar-refractivity contribution is 0.197. The number of methoxy groups -OCH3 is 2. The molecule has 1 aliphatic rings. The third kappa shape index (κ3) is 3.05. The minimum absolute atomic E-state index is 0.311. The molecule has 20 heavy (non-hydrogen) atoms. The standard InChI is InChI=1S/C16H22N2O2/c1-16(2,10-17)11-18-6-5-12-7-14(19-3)15(20-4)8-13(12)9-18/h7-8H,5-6,9,11H2,1-4H3. The molecular formula is C16H22N2O2.